The fraction of sp³-hybridized carbons (Fsp3) is 0.387. The van der Waals surface area contributed by atoms with E-state index in [1.807, 2.05) is 30.3 Å². The summed E-state index contributed by atoms with van der Waals surface area (Å²) in [6, 6.07) is 22.0. The summed E-state index contributed by atoms with van der Waals surface area (Å²) in [6.45, 7) is 4.31. The lowest BCUT2D eigenvalue weighted by molar-refractivity contribution is -0.00518. The molecule has 3 heteroatoms. The van der Waals surface area contributed by atoms with Gasteiger partial charge in [-0.1, -0.05) is 40.2 Å². The van der Waals surface area contributed by atoms with E-state index in [9.17, 15) is 5.26 Å². The monoisotopic (exact) mass is 510 g/mol. The van der Waals surface area contributed by atoms with E-state index in [1.54, 1.807) is 5.56 Å². The van der Waals surface area contributed by atoms with Gasteiger partial charge in [-0.2, -0.15) is 5.26 Å². The summed E-state index contributed by atoms with van der Waals surface area (Å²) < 4.78 is 3.34. The van der Waals surface area contributed by atoms with Gasteiger partial charge in [-0.3, -0.25) is 0 Å². The summed E-state index contributed by atoms with van der Waals surface area (Å²) in [4.78, 5) is 0. The van der Waals surface area contributed by atoms with Gasteiger partial charge >= 0.3 is 0 Å². The van der Waals surface area contributed by atoms with Crippen molar-refractivity contribution in [1.29, 1.82) is 5.26 Å². The summed E-state index contributed by atoms with van der Waals surface area (Å²) in [5, 5.41) is 9.80. The molecule has 4 aliphatic rings. The second kappa shape index (κ2) is 8.28. The zero-order chi connectivity index (χ0) is 23.4. The van der Waals surface area contributed by atoms with Gasteiger partial charge in [-0.25, -0.2) is 0 Å². The van der Waals surface area contributed by atoms with Crippen LogP contribution in [0.15, 0.2) is 59.1 Å². The lowest BCUT2D eigenvalue weighted by atomic mass is 9.48. The number of rotatable bonds is 4. The predicted molar refractivity (Wildman–Crippen MR) is 143 cm³/mol. The average Bonchev–Trinajstić information content (AvgIpc) is 3.10. The first-order valence-corrected chi connectivity index (χ1v) is 13.4. The molecule has 2 aromatic carbocycles. The van der Waals surface area contributed by atoms with Gasteiger partial charge in [0.15, 0.2) is 0 Å². The highest BCUT2D eigenvalue weighted by Crippen LogP contribution is 2.60. The van der Waals surface area contributed by atoms with Crippen molar-refractivity contribution in [3.63, 3.8) is 0 Å². The van der Waals surface area contributed by atoms with Crippen LogP contribution in [-0.2, 0) is 5.41 Å². The van der Waals surface area contributed by atoms with Crippen LogP contribution in [0.3, 0.4) is 0 Å². The number of halogens is 1. The molecule has 0 N–H and O–H groups in total. The van der Waals surface area contributed by atoms with Crippen molar-refractivity contribution in [3.8, 4) is 11.8 Å². The Kier molecular flexibility index (Phi) is 5.34. The standard InChI is InChI=1S/C31H31BrN2/c1-20-11-26(15-27(19-33)25-3-7-29(32)8-4-25)21(2)34(20)30-9-5-28(6-10-30)31-16-22-12-23(17-31)14-24(13-22)18-31/h3-11,15,22-24H,12-14,16-18H2,1-2H3/b27-15-. The van der Waals surface area contributed by atoms with Crippen LogP contribution in [0.25, 0.3) is 17.3 Å². The summed E-state index contributed by atoms with van der Waals surface area (Å²) in [6.07, 6.45) is 10.7. The Morgan fingerprint density at radius 3 is 2.09 bits per heavy atom. The first-order valence-electron chi connectivity index (χ1n) is 12.6. The predicted octanol–water partition coefficient (Wildman–Crippen LogP) is 8.39. The zero-order valence-corrected chi connectivity index (χ0v) is 21.6. The molecule has 0 radical (unpaired) electrons. The van der Waals surface area contributed by atoms with E-state index in [4.69, 9.17) is 0 Å². The number of nitrogens with zero attached hydrogens (tertiary/aromatic N) is 2. The van der Waals surface area contributed by atoms with Crippen molar-refractivity contribution in [2.24, 2.45) is 17.8 Å². The molecule has 2 nitrogen and oxygen atoms in total. The van der Waals surface area contributed by atoms with Crippen LogP contribution >= 0.6 is 15.9 Å². The molecule has 4 fully saturated rings. The maximum absolute atomic E-state index is 9.80. The zero-order valence-electron chi connectivity index (χ0n) is 20.0. The lowest BCUT2D eigenvalue weighted by Crippen LogP contribution is -2.48. The Balaban J connectivity index is 1.31. The molecular formula is C31H31BrN2. The number of aryl methyl sites for hydroxylation is 1. The molecule has 0 atom stereocenters. The molecule has 34 heavy (non-hydrogen) atoms. The van der Waals surface area contributed by atoms with Gasteiger partial charge in [0.1, 0.15) is 0 Å². The quantitative estimate of drug-likeness (QED) is 0.324. The molecule has 172 valence electrons. The highest BCUT2D eigenvalue weighted by molar-refractivity contribution is 9.10. The largest absolute Gasteiger partial charge is 0.318 e. The Morgan fingerprint density at radius 2 is 1.53 bits per heavy atom. The number of nitriles is 1. The van der Waals surface area contributed by atoms with E-state index >= 15 is 0 Å². The van der Waals surface area contributed by atoms with E-state index in [1.165, 1.54) is 55.6 Å². The van der Waals surface area contributed by atoms with E-state index in [-0.39, 0.29) is 0 Å². The van der Waals surface area contributed by atoms with Crippen LogP contribution in [0.4, 0.5) is 0 Å². The number of hydrogen-bond donors (Lipinski definition) is 0. The minimum atomic E-state index is 0.439. The van der Waals surface area contributed by atoms with Crippen LogP contribution in [-0.4, -0.2) is 4.57 Å². The van der Waals surface area contributed by atoms with Crippen LogP contribution in [0.1, 0.15) is 66.6 Å². The van der Waals surface area contributed by atoms with Gasteiger partial charge in [-0.05, 0) is 129 Å². The van der Waals surface area contributed by atoms with Crippen LogP contribution in [0.2, 0.25) is 0 Å². The van der Waals surface area contributed by atoms with E-state index in [0.717, 1.165) is 33.4 Å². The number of hydrogen-bond acceptors (Lipinski definition) is 1. The Morgan fingerprint density at radius 1 is 0.941 bits per heavy atom. The van der Waals surface area contributed by atoms with Crippen LogP contribution in [0, 0.1) is 42.9 Å². The maximum atomic E-state index is 9.80. The fourth-order valence-corrected chi connectivity index (χ4v) is 7.99. The third-order valence-electron chi connectivity index (χ3n) is 8.82. The molecular weight excluding hydrogens is 480 g/mol. The fourth-order valence-electron chi connectivity index (χ4n) is 7.72. The second-order valence-corrected chi connectivity index (χ2v) is 12.0. The summed E-state index contributed by atoms with van der Waals surface area (Å²) in [5.41, 5.74) is 8.31. The summed E-state index contributed by atoms with van der Waals surface area (Å²) in [7, 11) is 0. The van der Waals surface area contributed by atoms with Gasteiger partial charge in [0, 0.05) is 21.5 Å². The third-order valence-corrected chi connectivity index (χ3v) is 9.35. The smallest absolute Gasteiger partial charge is 0.0998 e. The van der Waals surface area contributed by atoms with Crippen molar-refractivity contribution in [1.82, 2.24) is 4.57 Å². The molecule has 7 rings (SSSR count). The highest BCUT2D eigenvalue weighted by Gasteiger charge is 2.51. The molecule has 0 amide bonds. The maximum Gasteiger partial charge on any atom is 0.0998 e. The number of aromatic nitrogens is 1. The molecule has 1 aromatic heterocycles. The molecule has 1 heterocycles. The van der Waals surface area contributed by atoms with Gasteiger partial charge in [0.2, 0.25) is 0 Å². The molecule has 4 saturated carbocycles. The third kappa shape index (κ3) is 3.68. The average molecular weight is 512 g/mol. The Hall–Kier alpha value is -2.57. The van der Waals surface area contributed by atoms with Crippen molar-refractivity contribution in [3.05, 3.63) is 87.1 Å². The Labute approximate surface area is 211 Å². The van der Waals surface area contributed by atoms with E-state index in [0.29, 0.717) is 11.0 Å². The van der Waals surface area contributed by atoms with E-state index < -0.39 is 0 Å². The lowest BCUT2D eigenvalue weighted by Gasteiger charge is -2.57. The second-order valence-electron chi connectivity index (χ2n) is 11.1. The van der Waals surface area contributed by atoms with Gasteiger partial charge in [0.05, 0.1) is 11.6 Å². The first kappa shape index (κ1) is 21.9. The SMILES string of the molecule is Cc1cc(/C=C(/C#N)c2ccc(Br)cc2)c(C)n1-c1ccc(C23CC4CC(CC(C4)C2)C3)cc1. The minimum Gasteiger partial charge on any atom is -0.318 e. The molecule has 4 aliphatic carbocycles. The van der Waals surface area contributed by atoms with Crippen molar-refractivity contribution in [2.45, 2.75) is 57.8 Å². The molecule has 0 spiro atoms. The van der Waals surface area contributed by atoms with E-state index in [2.05, 4.69) is 70.7 Å². The van der Waals surface area contributed by atoms with Crippen molar-refractivity contribution in [2.75, 3.05) is 0 Å². The topological polar surface area (TPSA) is 28.7 Å². The van der Waals surface area contributed by atoms with Crippen molar-refractivity contribution >= 4 is 27.6 Å². The van der Waals surface area contributed by atoms with Gasteiger partial charge in [0.25, 0.3) is 0 Å². The molecule has 0 aliphatic heterocycles. The normalized spacial score (nSPS) is 27.7. The highest BCUT2D eigenvalue weighted by atomic mass is 79.9. The number of allylic oxidation sites excluding steroid dienone is 1. The Bertz CT molecular complexity index is 1270. The summed E-state index contributed by atoms with van der Waals surface area (Å²) in [5.74, 6) is 2.90. The first-order chi connectivity index (χ1) is 16.4. The van der Waals surface area contributed by atoms with Crippen molar-refractivity contribution < 1.29 is 0 Å². The molecule has 3 aromatic rings. The summed E-state index contributed by atoms with van der Waals surface area (Å²) >= 11 is 3.48. The minimum absolute atomic E-state index is 0.439. The molecule has 4 bridgehead atoms. The van der Waals surface area contributed by atoms with Gasteiger partial charge < -0.3 is 4.57 Å². The number of benzene rings is 2. The van der Waals surface area contributed by atoms with Gasteiger partial charge in [-0.15, -0.1) is 0 Å². The molecule has 0 unspecified atom stereocenters. The van der Waals surface area contributed by atoms with Crippen LogP contribution < -0.4 is 0 Å². The van der Waals surface area contributed by atoms with Crippen LogP contribution in [0.5, 0.6) is 0 Å². The molecule has 0 saturated heterocycles.